The van der Waals surface area contributed by atoms with E-state index in [0.29, 0.717) is 5.56 Å². The van der Waals surface area contributed by atoms with Crippen molar-refractivity contribution in [1.29, 1.82) is 0 Å². The minimum absolute atomic E-state index is 0.0990. The maximum Gasteiger partial charge on any atom is 0.329 e. The number of imidazole rings is 1. The van der Waals surface area contributed by atoms with Crippen molar-refractivity contribution >= 4 is 23.3 Å². The average molecular weight is 344 g/mol. The summed E-state index contributed by atoms with van der Waals surface area (Å²) < 4.78 is 2.64. The van der Waals surface area contributed by atoms with Gasteiger partial charge in [0.15, 0.2) is 11.2 Å². The standard InChI is InChI=1S/C15H16N6O4/c1-20-12-11(13(24)18-15(20)25)21(5-6-22)14(17-12)19-16-8-9-3-2-4-10(23)7-9/h2-4,7-8,22-23H,5-6H2,1H3,(H,17,19)(H,18,24,25)/b16-8-. The summed E-state index contributed by atoms with van der Waals surface area (Å²) in [5.74, 6) is 0.310. The highest BCUT2D eigenvalue weighted by Gasteiger charge is 2.16. The fraction of sp³-hybridized carbons (Fsp3) is 0.200. The van der Waals surface area contributed by atoms with Crippen molar-refractivity contribution in [1.82, 2.24) is 19.1 Å². The maximum absolute atomic E-state index is 12.1. The van der Waals surface area contributed by atoms with Gasteiger partial charge in [-0.25, -0.2) is 10.2 Å². The number of hydrazone groups is 1. The molecule has 3 rings (SSSR count). The number of H-pyrrole nitrogens is 1. The number of aromatic hydroxyl groups is 1. The number of phenolic OH excluding ortho intramolecular Hbond substituents is 1. The third-order valence-electron chi connectivity index (χ3n) is 3.58. The predicted molar refractivity (Wildman–Crippen MR) is 92.0 cm³/mol. The molecule has 0 aliphatic heterocycles. The Morgan fingerprint density at radius 2 is 2.20 bits per heavy atom. The highest BCUT2D eigenvalue weighted by Crippen LogP contribution is 2.15. The molecule has 1 aromatic carbocycles. The molecule has 0 unspecified atom stereocenters. The Morgan fingerprint density at radius 1 is 1.40 bits per heavy atom. The van der Waals surface area contributed by atoms with Crippen molar-refractivity contribution in [2.24, 2.45) is 12.1 Å². The number of hydrogen-bond acceptors (Lipinski definition) is 7. The molecule has 0 saturated carbocycles. The number of aliphatic hydroxyl groups excluding tert-OH is 1. The summed E-state index contributed by atoms with van der Waals surface area (Å²) in [7, 11) is 1.48. The van der Waals surface area contributed by atoms with Crippen LogP contribution in [0.5, 0.6) is 5.75 Å². The molecule has 2 heterocycles. The zero-order valence-corrected chi connectivity index (χ0v) is 13.3. The molecule has 4 N–H and O–H groups in total. The van der Waals surface area contributed by atoms with Crippen molar-refractivity contribution in [3.63, 3.8) is 0 Å². The molecule has 0 amide bonds. The van der Waals surface area contributed by atoms with Gasteiger partial charge in [0.1, 0.15) is 5.75 Å². The summed E-state index contributed by atoms with van der Waals surface area (Å²) in [6.07, 6.45) is 1.46. The number of benzene rings is 1. The third kappa shape index (κ3) is 3.15. The lowest BCUT2D eigenvalue weighted by Crippen LogP contribution is -2.29. The zero-order valence-electron chi connectivity index (χ0n) is 13.3. The number of rotatable bonds is 5. The number of aliphatic hydroxyl groups is 1. The van der Waals surface area contributed by atoms with Crippen LogP contribution in [-0.4, -0.2) is 42.1 Å². The largest absolute Gasteiger partial charge is 0.508 e. The Bertz CT molecular complexity index is 1060. The molecule has 0 aliphatic carbocycles. The number of phenols is 1. The first-order chi connectivity index (χ1) is 12.0. The summed E-state index contributed by atoms with van der Waals surface area (Å²) in [5, 5.41) is 22.7. The highest BCUT2D eigenvalue weighted by atomic mass is 16.3. The lowest BCUT2D eigenvalue weighted by molar-refractivity contribution is 0.278. The quantitative estimate of drug-likeness (QED) is 0.366. The second-order valence-electron chi connectivity index (χ2n) is 5.27. The number of aromatic amines is 1. The zero-order chi connectivity index (χ0) is 18.0. The van der Waals surface area contributed by atoms with Crippen LogP contribution in [-0.2, 0) is 13.6 Å². The minimum atomic E-state index is -0.593. The van der Waals surface area contributed by atoms with E-state index < -0.39 is 11.2 Å². The third-order valence-corrected chi connectivity index (χ3v) is 3.58. The first-order valence-corrected chi connectivity index (χ1v) is 7.40. The lowest BCUT2D eigenvalue weighted by Gasteiger charge is -2.05. The minimum Gasteiger partial charge on any atom is -0.508 e. The highest BCUT2D eigenvalue weighted by molar-refractivity contribution is 5.81. The van der Waals surface area contributed by atoms with Gasteiger partial charge in [-0.15, -0.1) is 0 Å². The molecule has 10 heteroatoms. The van der Waals surface area contributed by atoms with E-state index in [2.05, 4.69) is 20.5 Å². The monoisotopic (exact) mass is 344 g/mol. The molecule has 2 aromatic heterocycles. The summed E-state index contributed by atoms with van der Waals surface area (Å²) >= 11 is 0. The van der Waals surface area contributed by atoms with Crippen LogP contribution >= 0.6 is 0 Å². The topological polar surface area (TPSA) is 138 Å². The van der Waals surface area contributed by atoms with Gasteiger partial charge in [0.05, 0.1) is 12.8 Å². The Balaban J connectivity index is 2.02. The van der Waals surface area contributed by atoms with Crippen LogP contribution in [0.2, 0.25) is 0 Å². The smallest absolute Gasteiger partial charge is 0.329 e. The van der Waals surface area contributed by atoms with Gasteiger partial charge in [-0.3, -0.25) is 14.3 Å². The maximum atomic E-state index is 12.1. The summed E-state index contributed by atoms with van der Waals surface area (Å²) in [5.41, 5.74) is 2.51. The number of aromatic nitrogens is 4. The SMILES string of the molecule is Cn1c(=O)[nH]c(=O)c2c1nc(N/N=C\c1cccc(O)c1)n2CCO. The van der Waals surface area contributed by atoms with E-state index in [9.17, 15) is 19.8 Å². The Kier molecular flexibility index (Phi) is 4.35. The molecule has 0 radical (unpaired) electrons. The van der Waals surface area contributed by atoms with Gasteiger partial charge in [-0.05, 0) is 17.7 Å². The fourth-order valence-electron chi connectivity index (χ4n) is 2.41. The second kappa shape index (κ2) is 6.61. The number of anilines is 1. The van der Waals surface area contributed by atoms with Gasteiger partial charge >= 0.3 is 5.69 Å². The molecule has 25 heavy (non-hydrogen) atoms. The molecular weight excluding hydrogens is 328 g/mol. The molecule has 0 spiro atoms. The summed E-state index contributed by atoms with van der Waals surface area (Å²) in [6, 6.07) is 6.48. The Labute approximate surface area is 140 Å². The van der Waals surface area contributed by atoms with E-state index in [1.807, 2.05) is 0 Å². The summed E-state index contributed by atoms with van der Waals surface area (Å²) in [6.45, 7) is -0.125. The van der Waals surface area contributed by atoms with Crippen molar-refractivity contribution in [3.05, 3.63) is 50.7 Å². The number of nitrogens with zero attached hydrogens (tertiary/aromatic N) is 4. The van der Waals surface area contributed by atoms with Gasteiger partial charge < -0.3 is 14.8 Å². The van der Waals surface area contributed by atoms with Crippen molar-refractivity contribution < 1.29 is 10.2 Å². The fourth-order valence-corrected chi connectivity index (χ4v) is 2.41. The van der Waals surface area contributed by atoms with Crippen LogP contribution in [0.1, 0.15) is 5.56 Å². The van der Waals surface area contributed by atoms with Crippen LogP contribution in [0, 0.1) is 0 Å². The molecule has 0 aliphatic rings. The molecule has 0 bridgehead atoms. The number of nitrogens with one attached hydrogen (secondary N) is 2. The van der Waals surface area contributed by atoms with Gasteiger partial charge in [0.25, 0.3) is 5.56 Å². The summed E-state index contributed by atoms with van der Waals surface area (Å²) in [4.78, 5) is 30.2. The van der Waals surface area contributed by atoms with E-state index in [1.54, 1.807) is 12.1 Å². The van der Waals surface area contributed by atoms with Gasteiger partial charge in [-0.2, -0.15) is 10.1 Å². The average Bonchev–Trinajstić information content (AvgIpc) is 2.93. The first-order valence-electron chi connectivity index (χ1n) is 7.40. The van der Waals surface area contributed by atoms with Gasteiger partial charge in [-0.1, -0.05) is 12.1 Å². The normalized spacial score (nSPS) is 11.4. The Morgan fingerprint density at radius 3 is 2.92 bits per heavy atom. The first kappa shape index (κ1) is 16.5. The molecule has 0 atom stereocenters. The van der Waals surface area contributed by atoms with E-state index in [0.717, 1.165) is 0 Å². The predicted octanol–water partition coefficient (Wildman–Crippen LogP) is -0.433. The van der Waals surface area contributed by atoms with Crippen LogP contribution in [0.15, 0.2) is 39.0 Å². The van der Waals surface area contributed by atoms with E-state index in [1.165, 1.54) is 34.5 Å². The van der Waals surface area contributed by atoms with E-state index >= 15 is 0 Å². The van der Waals surface area contributed by atoms with Crippen molar-refractivity contribution in [3.8, 4) is 5.75 Å². The van der Waals surface area contributed by atoms with Crippen LogP contribution in [0.25, 0.3) is 11.2 Å². The van der Waals surface area contributed by atoms with Gasteiger partial charge in [0, 0.05) is 13.6 Å². The van der Waals surface area contributed by atoms with E-state index in [4.69, 9.17) is 0 Å². The van der Waals surface area contributed by atoms with Crippen molar-refractivity contribution in [2.45, 2.75) is 6.54 Å². The van der Waals surface area contributed by atoms with Gasteiger partial charge in [0.2, 0.25) is 5.95 Å². The second-order valence-corrected chi connectivity index (χ2v) is 5.27. The van der Waals surface area contributed by atoms with Crippen LogP contribution in [0.3, 0.4) is 0 Å². The molecule has 3 aromatic rings. The number of fused-ring (bicyclic) bond motifs is 1. The van der Waals surface area contributed by atoms with E-state index in [-0.39, 0.29) is 36.0 Å². The molecule has 10 nitrogen and oxygen atoms in total. The van der Waals surface area contributed by atoms with Crippen LogP contribution < -0.4 is 16.7 Å². The van der Waals surface area contributed by atoms with Crippen LogP contribution in [0.4, 0.5) is 5.95 Å². The molecular formula is C15H16N6O4. The number of aryl methyl sites for hydroxylation is 1. The lowest BCUT2D eigenvalue weighted by atomic mass is 10.2. The molecule has 130 valence electrons. The Hall–Kier alpha value is -3.40. The number of hydrogen-bond donors (Lipinski definition) is 4. The molecule has 0 fully saturated rings. The van der Waals surface area contributed by atoms with Crippen molar-refractivity contribution in [2.75, 3.05) is 12.0 Å². The molecule has 0 saturated heterocycles.